The largest absolute Gasteiger partial charge is 0.380 e. The summed E-state index contributed by atoms with van der Waals surface area (Å²) in [7, 11) is 0. The van der Waals surface area contributed by atoms with Gasteiger partial charge in [-0.2, -0.15) is 0 Å². The van der Waals surface area contributed by atoms with Gasteiger partial charge in [-0.05, 0) is 19.3 Å². The first-order chi connectivity index (χ1) is 4.45. The summed E-state index contributed by atoms with van der Waals surface area (Å²) < 4.78 is 5.22. The van der Waals surface area contributed by atoms with Gasteiger partial charge in [-0.3, -0.25) is 0 Å². The fourth-order valence-electron chi connectivity index (χ4n) is 1.25. The minimum absolute atomic E-state index is 0.678. The molecule has 0 aromatic heterocycles. The molecule has 2 nitrogen and oxygen atoms in total. The van der Waals surface area contributed by atoms with Crippen molar-refractivity contribution in [1.82, 2.24) is 5.32 Å². The molecule has 2 rings (SSSR count). The Balaban J connectivity index is 1.70. The fraction of sp³-hybridized carbons (Fsp3) is 1.00. The van der Waals surface area contributed by atoms with Crippen molar-refractivity contribution >= 4 is 0 Å². The molecule has 2 heteroatoms. The van der Waals surface area contributed by atoms with Gasteiger partial charge in [0, 0.05) is 18.7 Å². The molecule has 0 aromatic carbocycles. The second kappa shape index (κ2) is 2.27. The van der Waals surface area contributed by atoms with Crippen molar-refractivity contribution < 1.29 is 4.74 Å². The van der Waals surface area contributed by atoms with Crippen LogP contribution in [0.4, 0.5) is 0 Å². The molecular formula is C7H13NO. The van der Waals surface area contributed by atoms with E-state index in [0.29, 0.717) is 6.04 Å². The Kier molecular flexibility index (Phi) is 1.44. The Morgan fingerprint density at radius 3 is 2.56 bits per heavy atom. The number of nitrogens with one attached hydrogen (secondary N) is 1. The average Bonchev–Trinajstić information content (AvgIpc) is 2.46. The highest BCUT2D eigenvalue weighted by atomic mass is 16.5. The Morgan fingerprint density at radius 2 is 2.00 bits per heavy atom. The molecule has 1 heterocycles. The third kappa shape index (κ3) is 1.43. The predicted octanol–water partition coefficient (Wildman–Crippen LogP) is 0.527. The first-order valence-corrected chi connectivity index (χ1v) is 3.79. The van der Waals surface area contributed by atoms with Crippen LogP contribution < -0.4 is 5.32 Å². The summed E-state index contributed by atoms with van der Waals surface area (Å²) in [5.41, 5.74) is 0. The van der Waals surface area contributed by atoms with Gasteiger partial charge in [-0.25, -0.2) is 0 Å². The van der Waals surface area contributed by atoms with Crippen molar-refractivity contribution in [2.75, 3.05) is 13.2 Å². The lowest BCUT2D eigenvalue weighted by atomic mass is 10.2. The Labute approximate surface area is 55.6 Å². The van der Waals surface area contributed by atoms with E-state index in [-0.39, 0.29) is 0 Å². The lowest BCUT2D eigenvalue weighted by Gasteiger charge is -2.07. The van der Waals surface area contributed by atoms with Crippen molar-refractivity contribution in [3.05, 3.63) is 0 Å². The quantitative estimate of drug-likeness (QED) is 0.584. The van der Waals surface area contributed by atoms with Crippen LogP contribution in [-0.2, 0) is 4.74 Å². The molecule has 0 amide bonds. The zero-order valence-electron chi connectivity index (χ0n) is 5.60. The van der Waals surface area contributed by atoms with Gasteiger partial charge in [0.05, 0.1) is 6.61 Å². The van der Waals surface area contributed by atoms with Gasteiger partial charge in [0.25, 0.3) is 0 Å². The van der Waals surface area contributed by atoms with E-state index in [1.807, 2.05) is 0 Å². The standard InChI is InChI=1S/C7H13NO/c1-2-6(1)8-7-3-4-9-5-7/h6-8H,1-5H2. The van der Waals surface area contributed by atoms with Gasteiger partial charge < -0.3 is 10.1 Å². The third-order valence-corrected chi connectivity index (χ3v) is 1.98. The molecule has 0 aromatic rings. The molecule has 2 fully saturated rings. The molecule has 9 heavy (non-hydrogen) atoms. The van der Waals surface area contributed by atoms with Gasteiger partial charge in [0.15, 0.2) is 0 Å². The number of hydrogen-bond acceptors (Lipinski definition) is 2. The van der Waals surface area contributed by atoms with E-state index >= 15 is 0 Å². The summed E-state index contributed by atoms with van der Waals surface area (Å²) in [6.07, 6.45) is 3.99. The Hall–Kier alpha value is -0.0800. The smallest absolute Gasteiger partial charge is 0.0620 e. The molecule has 1 unspecified atom stereocenters. The molecule has 1 saturated carbocycles. The second-order valence-electron chi connectivity index (χ2n) is 3.00. The number of ether oxygens (including phenoxy) is 1. The summed E-state index contributed by atoms with van der Waals surface area (Å²) in [4.78, 5) is 0. The molecule has 1 aliphatic heterocycles. The highest BCUT2D eigenvalue weighted by Crippen LogP contribution is 2.20. The first-order valence-electron chi connectivity index (χ1n) is 3.79. The molecule has 2 aliphatic rings. The maximum atomic E-state index is 5.22. The van der Waals surface area contributed by atoms with Crippen molar-refractivity contribution in [2.24, 2.45) is 0 Å². The topological polar surface area (TPSA) is 21.3 Å². The molecular weight excluding hydrogens is 114 g/mol. The van der Waals surface area contributed by atoms with Crippen LogP contribution in [0.15, 0.2) is 0 Å². The normalized spacial score (nSPS) is 35.3. The van der Waals surface area contributed by atoms with E-state index in [2.05, 4.69) is 5.32 Å². The van der Waals surface area contributed by atoms with E-state index in [4.69, 9.17) is 4.74 Å². The molecule has 1 atom stereocenters. The second-order valence-corrected chi connectivity index (χ2v) is 3.00. The summed E-state index contributed by atoms with van der Waals surface area (Å²) >= 11 is 0. The average molecular weight is 127 g/mol. The lowest BCUT2D eigenvalue weighted by molar-refractivity contribution is 0.189. The van der Waals surface area contributed by atoms with Gasteiger partial charge in [-0.15, -0.1) is 0 Å². The first kappa shape index (κ1) is 5.69. The van der Waals surface area contributed by atoms with Crippen LogP contribution in [-0.4, -0.2) is 25.3 Å². The van der Waals surface area contributed by atoms with Crippen molar-refractivity contribution in [3.63, 3.8) is 0 Å². The van der Waals surface area contributed by atoms with Gasteiger partial charge in [0.2, 0.25) is 0 Å². The van der Waals surface area contributed by atoms with Crippen LogP contribution in [0.1, 0.15) is 19.3 Å². The molecule has 1 aliphatic carbocycles. The molecule has 1 saturated heterocycles. The van der Waals surface area contributed by atoms with Gasteiger partial charge in [-0.1, -0.05) is 0 Å². The van der Waals surface area contributed by atoms with E-state index < -0.39 is 0 Å². The van der Waals surface area contributed by atoms with Crippen molar-refractivity contribution in [3.8, 4) is 0 Å². The minimum atomic E-state index is 0.678. The lowest BCUT2D eigenvalue weighted by Crippen LogP contribution is -2.30. The van der Waals surface area contributed by atoms with Crippen LogP contribution in [0, 0.1) is 0 Å². The number of hydrogen-bond donors (Lipinski definition) is 1. The van der Waals surface area contributed by atoms with Crippen LogP contribution in [0.25, 0.3) is 0 Å². The van der Waals surface area contributed by atoms with Crippen molar-refractivity contribution in [2.45, 2.75) is 31.3 Å². The molecule has 0 bridgehead atoms. The van der Waals surface area contributed by atoms with E-state index in [0.717, 1.165) is 19.3 Å². The third-order valence-electron chi connectivity index (χ3n) is 1.98. The minimum Gasteiger partial charge on any atom is -0.380 e. The van der Waals surface area contributed by atoms with E-state index in [1.165, 1.54) is 19.3 Å². The summed E-state index contributed by atoms with van der Waals surface area (Å²) in [6, 6.07) is 1.52. The van der Waals surface area contributed by atoms with Gasteiger partial charge in [0.1, 0.15) is 0 Å². The summed E-state index contributed by atoms with van der Waals surface area (Å²) in [6.45, 7) is 1.90. The maximum Gasteiger partial charge on any atom is 0.0620 e. The zero-order chi connectivity index (χ0) is 6.10. The maximum absolute atomic E-state index is 5.22. The SMILES string of the molecule is C1CC(NC2CC2)CO1. The van der Waals surface area contributed by atoms with Gasteiger partial charge >= 0.3 is 0 Å². The summed E-state index contributed by atoms with van der Waals surface area (Å²) in [5, 5.41) is 3.53. The van der Waals surface area contributed by atoms with E-state index in [9.17, 15) is 0 Å². The molecule has 0 spiro atoms. The molecule has 0 radical (unpaired) electrons. The van der Waals surface area contributed by atoms with Crippen LogP contribution in [0.3, 0.4) is 0 Å². The zero-order valence-corrected chi connectivity index (χ0v) is 5.60. The molecule has 1 N–H and O–H groups in total. The van der Waals surface area contributed by atoms with Crippen LogP contribution >= 0.6 is 0 Å². The fourth-order valence-corrected chi connectivity index (χ4v) is 1.25. The number of rotatable bonds is 2. The Morgan fingerprint density at radius 1 is 1.11 bits per heavy atom. The Bertz CT molecular complexity index is 95.1. The predicted molar refractivity (Wildman–Crippen MR) is 35.4 cm³/mol. The highest BCUT2D eigenvalue weighted by molar-refractivity contribution is 4.85. The van der Waals surface area contributed by atoms with E-state index in [1.54, 1.807) is 0 Å². The highest BCUT2D eigenvalue weighted by Gasteiger charge is 2.26. The van der Waals surface area contributed by atoms with Crippen molar-refractivity contribution in [1.29, 1.82) is 0 Å². The monoisotopic (exact) mass is 127 g/mol. The van der Waals surface area contributed by atoms with Crippen LogP contribution in [0.2, 0.25) is 0 Å². The summed E-state index contributed by atoms with van der Waals surface area (Å²) in [5.74, 6) is 0. The molecule has 52 valence electrons. The van der Waals surface area contributed by atoms with Crippen LogP contribution in [0.5, 0.6) is 0 Å².